The van der Waals surface area contributed by atoms with Gasteiger partial charge in [0.2, 0.25) is 0 Å². The van der Waals surface area contributed by atoms with Crippen molar-refractivity contribution in [3.8, 4) is 11.5 Å². The Kier molecular flexibility index (Phi) is 3.79. The van der Waals surface area contributed by atoms with Crippen molar-refractivity contribution in [1.82, 2.24) is 0 Å². The minimum Gasteiger partial charge on any atom is -0.486 e. The van der Waals surface area contributed by atoms with E-state index >= 15 is 0 Å². The first-order valence-electron chi connectivity index (χ1n) is 5.93. The number of nitrogens with two attached hydrogens (primary N) is 1. The number of ether oxygens (including phenoxy) is 2. The Balaban J connectivity index is 2.44. The van der Waals surface area contributed by atoms with Crippen LogP contribution in [0.5, 0.6) is 11.5 Å². The average Bonchev–Trinajstić information content (AvgIpc) is 2.34. The molecule has 1 aromatic carbocycles. The smallest absolute Gasteiger partial charge is 0.180 e. The number of fused-ring (bicyclic) bond motifs is 1. The van der Waals surface area contributed by atoms with Gasteiger partial charge in [0.15, 0.2) is 11.5 Å². The molecule has 0 amide bonds. The summed E-state index contributed by atoms with van der Waals surface area (Å²) in [5.41, 5.74) is 7.92. The summed E-state index contributed by atoms with van der Waals surface area (Å²) in [6.45, 7) is 6.02. The molecule has 0 saturated carbocycles. The highest BCUT2D eigenvalue weighted by Crippen LogP contribution is 2.43. The molecule has 0 bridgehead atoms. The van der Waals surface area contributed by atoms with E-state index < -0.39 is 0 Å². The predicted molar refractivity (Wildman–Crippen MR) is 69.3 cm³/mol. The summed E-state index contributed by atoms with van der Waals surface area (Å²) in [5, 5.41) is 0.629. The van der Waals surface area contributed by atoms with Gasteiger partial charge in [-0.25, -0.2) is 0 Å². The second-order valence-electron chi connectivity index (χ2n) is 4.41. The number of benzene rings is 1. The Hall–Kier alpha value is -0.930. The van der Waals surface area contributed by atoms with Crippen molar-refractivity contribution in [2.24, 2.45) is 5.73 Å². The van der Waals surface area contributed by atoms with E-state index in [0.717, 1.165) is 17.7 Å². The molecule has 0 radical (unpaired) electrons. The zero-order valence-corrected chi connectivity index (χ0v) is 11.0. The third-order valence-electron chi connectivity index (χ3n) is 3.19. The average molecular weight is 256 g/mol. The molecule has 1 aliphatic rings. The third kappa shape index (κ3) is 2.35. The lowest BCUT2D eigenvalue weighted by molar-refractivity contribution is 0.170. The molecule has 0 spiro atoms. The zero-order valence-electron chi connectivity index (χ0n) is 10.3. The summed E-state index contributed by atoms with van der Waals surface area (Å²) in [4.78, 5) is 0. The molecule has 2 N–H and O–H groups in total. The van der Waals surface area contributed by atoms with Gasteiger partial charge in [0, 0.05) is 0 Å². The molecule has 1 aliphatic heterocycles. The highest BCUT2D eigenvalue weighted by Gasteiger charge is 2.22. The highest BCUT2D eigenvalue weighted by atomic mass is 35.5. The summed E-state index contributed by atoms with van der Waals surface area (Å²) < 4.78 is 11.2. The molecule has 0 fully saturated rings. The van der Waals surface area contributed by atoms with Crippen molar-refractivity contribution in [2.75, 3.05) is 19.8 Å². The molecule has 94 valence electrons. The number of rotatable bonds is 3. The summed E-state index contributed by atoms with van der Waals surface area (Å²) in [6, 6.07) is 1.98. The first kappa shape index (κ1) is 12.5. The van der Waals surface area contributed by atoms with Crippen LogP contribution in [0.3, 0.4) is 0 Å². The van der Waals surface area contributed by atoms with Gasteiger partial charge < -0.3 is 15.2 Å². The van der Waals surface area contributed by atoms with Crippen molar-refractivity contribution in [2.45, 2.75) is 26.2 Å². The van der Waals surface area contributed by atoms with Gasteiger partial charge in [0.25, 0.3) is 0 Å². The van der Waals surface area contributed by atoms with Crippen molar-refractivity contribution < 1.29 is 9.47 Å². The van der Waals surface area contributed by atoms with Crippen LogP contribution in [0.1, 0.15) is 30.4 Å². The van der Waals surface area contributed by atoms with E-state index in [2.05, 4.69) is 6.92 Å². The topological polar surface area (TPSA) is 44.5 Å². The molecule has 1 atom stereocenters. The van der Waals surface area contributed by atoms with Gasteiger partial charge in [-0.2, -0.15) is 0 Å². The van der Waals surface area contributed by atoms with Gasteiger partial charge in [-0.15, -0.1) is 0 Å². The first-order chi connectivity index (χ1) is 8.15. The van der Waals surface area contributed by atoms with E-state index in [-0.39, 0.29) is 0 Å². The van der Waals surface area contributed by atoms with Crippen LogP contribution in [-0.2, 0) is 0 Å². The molecule has 4 heteroatoms. The van der Waals surface area contributed by atoms with Gasteiger partial charge in [0.1, 0.15) is 13.2 Å². The van der Waals surface area contributed by atoms with Gasteiger partial charge in [-0.1, -0.05) is 18.5 Å². The SMILES string of the molecule is Cc1c(C(C)CCN)cc(Cl)c2c1OCCO2. The van der Waals surface area contributed by atoms with Crippen LogP contribution in [0.15, 0.2) is 6.07 Å². The fourth-order valence-corrected chi connectivity index (χ4v) is 2.49. The minimum absolute atomic E-state index is 0.383. The second-order valence-corrected chi connectivity index (χ2v) is 4.81. The molecule has 2 rings (SSSR count). The molecule has 0 aromatic heterocycles. The van der Waals surface area contributed by atoms with Crippen LogP contribution in [-0.4, -0.2) is 19.8 Å². The lowest BCUT2D eigenvalue weighted by atomic mass is 9.93. The first-order valence-corrected chi connectivity index (χ1v) is 6.31. The highest BCUT2D eigenvalue weighted by molar-refractivity contribution is 6.32. The maximum absolute atomic E-state index is 6.23. The van der Waals surface area contributed by atoms with Crippen LogP contribution in [0.4, 0.5) is 0 Å². The summed E-state index contributed by atoms with van der Waals surface area (Å²) in [7, 11) is 0. The van der Waals surface area contributed by atoms with Gasteiger partial charge >= 0.3 is 0 Å². The monoisotopic (exact) mass is 255 g/mol. The van der Waals surface area contributed by atoms with E-state index in [1.807, 2.05) is 13.0 Å². The quantitative estimate of drug-likeness (QED) is 0.903. The lowest BCUT2D eigenvalue weighted by Crippen LogP contribution is -2.17. The van der Waals surface area contributed by atoms with E-state index in [1.165, 1.54) is 5.56 Å². The Morgan fingerprint density at radius 1 is 1.35 bits per heavy atom. The van der Waals surface area contributed by atoms with E-state index in [4.69, 9.17) is 26.8 Å². The van der Waals surface area contributed by atoms with E-state index in [1.54, 1.807) is 0 Å². The van der Waals surface area contributed by atoms with Crippen LogP contribution in [0, 0.1) is 6.92 Å². The molecule has 1 aromatic rings. The second kappa shape index (κ2) is 5.15. The standard InChI is InChI=1S/C13H18ClNO2/c1-8(3-4-15)10-7-11(14)13-12(9(10)2)16-5-6-17-13/h7-8H,3-6,15H2,1-2H3. The largest absolute Gasteiger partial charge is 0.486 e. The summed E-state index contributed by atoms with van der Waals surface area (Å²) in [6.07, 6.45) is 0.941. The zero-order chi connectivity index (χ0) is 12.4. The van der Waals surface area contributed by atoms with Crippen molar-refractivity contribution in [3.05, 3.63) is 22.2 Å². The van der Waals surface area contributed by atoms with Crippen molar-refractivity contribution in [3.63, 3.8) is 0 Å². The van der Waals surface area contributed by atoms with E-state index in [9.17, 15) is 0 Å². The summed E-state index contributed by atoms with van der Waals surface area (Å²) >= 11 is 6.23. The molecule has 0 aliphatic carbocycles. The van der Waals surface area contributed by atoms with Gasteiger partial charge in [-0.3, -0.25) is 0 Å². The Bertz CT molecular complexity index is 420. The molecule has 17 heavy (non-hydrogen) atoms. The van der Waals surface area contributed by atoms with Crippen LogP contribution in [0.25, 0.3) is 0 Å². The Morgan fingerprint density at radius 2 is 2.00 bits per heavy atom. The van der Waals surface area contributed by atoms with Gasteiger partial charge in [0.05, 0.1) is 5.02 Å². The third-order valence-corrected chi connectivity index (χ3v) is 3.47. The van der Waals surface area contributed by atoms with Crippen LogP contribution >= 0.6 is 11.6 Å². The number of hydrogen-bond donors (Lipinski definition) is 1. The molecule has 1 unspecified atom stereocenters. The number of halogens is 1. The van der Waals surface area contributed by atoms with Crippen LogP contribution in [0.2, 0.25) is 5.02 Å². The van der Waals surface area contributed by atoms with Gasteiger partial charge in [-0.05, 0) is 43.0 Å². The summed E-state index contributed by atoms with van der Waals surface area (Å²) in [5.74, 6) is 1.86. The molecule has 1 heterocycles. The normalized spacial score (nSPS) is 15.8. The van der Waals surface area contributed by atoms with Crippen LogP contribution < -0.4 is 15.2 Å². The Labute approximate surface area is 107 Å². The molecular weight excluding hydrogens is 238 g/mol. The minimum atomic E-state index is 0.383. The van der Waals surface area contributed by atoms with Crippen molar-refractivity contribution in [1.29, 1.82) is 0 Å². The Morgan fingerprint density at radius 3 is 2.65 bits per heavy atom. The maximum Gasteiger partial charge on any atom is 0.180 e. The lowest BCUT2D eigenvalue weighted by Gasteiger charge is -2.24. The molecule has 3 nitrogen and oxygen atoms in total. The van der Waals surface area contributed by atoms with Crippen molar-refractivity contribution >= 4 is 11.6 Å². The number of hydrogen-bond acceptors (Lipinski definition) is 3. The molecule has 0 saturated heterocycles. The van der Waals surface area contributed by atoms with E-state index in [0.29, 0.717) is 36.4 Å². The fourth-order valence-electron chi connectivity index (χ4n) is 2.23. The predicted octanol–water partition coefficient (Wildman–Crippen LogP) is 2.87. The molecular formula is C13H18ClNO2. The fraction of sp³-hybridized carbons (Fsp3) is 0.538. The maximum atomic E-state index is 6.23.